The molecule has 1 unspecified atom stereocenters. The number of methoxy groups -OCH3 is 1. The third kappa shape index (κ3) is 6.65. The van der Waals surface area contributed by atoms with Gasteiger partial charge in [-0.1, -0.05) is 53.5 Å². The van der Waals surface area contributed by atoms with Crippen LogP contribution in [0.3, 0.4) is 0 Å². The van der Waals surface area contributed by atoms with Gasteiger partial charge in [0.2, 0.25) is 11.8 Å². The van der Waals surface area contributed by atoms with E-state index in [0.29, 0.717) is 33.1 Å². The summed E-state index contributed by atoms with van der Waals surface area (Å²) in [5.74, 6) is 1.28. The molecule has 2 aromatic carbocycles. The van der Waals surface area contributed by atoms with Gasteiger partial charge in [0.05, 0.1) is 11.7 Å². The Bertz CT molecular complexity index is 1800. The van der Waals surface area contributed by atoms with Crippen molar-refractivity contribution in [3.63, 3.8) is 0 Å². The van der Waals surface area contributed by atoms with Gasteiger partial charge in [-0.15, -0.1) is 10.5 Å². The fraction of sp³-hybridized carbons (Fsp3) is 0.441. The minimum Gasteiger partial charge on any atom is -0.609 e. The van der Waals surface area contributed by atoms with Crippen molar-refractivity contribution in [2.24, 2.45) is 0 Å². The Morgan fingerprint density at radius 3 is 2.17 bits per heavy atom. The monoisotopic (exact) mass is 669 g/mol. The van der Waals surface area contributed by atoms with Crippen LogP contribution in [0.1, 0.15) is 61.0 Å². The lowest BCUT2D eigenvalue weighted by Crippen LogP contribution is -2.43. The molecule has 8 nitrogen and oxygen atoms in total. The Morgan fingerprint density at radius 2 is 1.61 bits per heavy atom. The maximum absolute atomic E-state index is 16.7. The van der Waals surface area contributed by atoms with Crippen LogP contribution in [0.4, 0.5) is 8.78 Å². The normalized spacial score (nSPS) is 12.8. The Labute approximate surface area is 273 Å². The van der Waals surface area contributed by atoms with E-state index in [1.54, 1.807) is 32.0 Å². The molecule has 4 aromatic rings. The second-order valence-corrected chi connectivity index (χ2v) is 19.3. The SMILES string of the molecule is COCOc1cc(-c2nc(OC(C)C)c3c(O)nc([S+](C)[O-])nc3c2F)c2c(C#C[Si](C(C)C)(C(C)C)C(C)C)c(F)ccc2c1. The highest BCUT2D eigenvalue weighted by Gasteiger charge is 2.42. The van der Waals surface area contributed by atoms with E-state index in [0.717, 1.165) is 0 Å². The molecule has 1 atom stereocenters. The van der Waals surface area contributed by atoms with Crippen molar-refractivity contribution < 1.29 is 32.7 Å². The first kappa shape index (κ1) is 35.4. The van der Waals surface area contributed by atoms with E-state index >= 15 is 8.78 Å². The molecule has 0 spiro atoms. The zero-order chi connectivity index (χ0) is 34.1. The molecule has 2 heterocycles. The standard InChI is InChI=1S/C34H41F2N3O5SSi/c1-18(2)44-33-28-31(38-34(45(10)41)39-32(28)40)29(36)30(37-33)25-16-23(43-17-42-9)15-22-11-12-26(35)24(27(22)25)13-14-46(19(3)4,20(5)6)21(7)8/h11-12,15-16,18-21H,17H2,1-10H3,(H,38,39,40). The predicted molar refractivity (Wildman–Crippen MR) is 180 cm³/mol. The molecule has 0 radical (unpaired) electrons. The zero-order valence-electron chi connectivity index (χ0n) is 27.9. The van der Waals surface area contributed by atoms with E-state index in [2.05, 4.69) is 68.0 Å². The van der Waals surface area contributed by atoms with Crippen molar-refractivity contribution in [3.05, 3.63) is 41.5 Å². The molecule has 0 saturated heterocycles. The Morgan fingerprint density at radius 1 is 0.957 bits per heavy atom. The van der Waals surface area contributed by atoms with Gasteiger partial charge in [0, 0.05) is 29.2 Å². The van der Waals surface area contributed by atoms with Crippen LogP contribution in [-0.2, 0) is 15.9 Å². The fourth-order valence-electron chi connectivity index (χ4n) is 6.26. The number of hydrogen-bond acceptors (Lipinski definition) is 8. The molecule has 0 aliphatic rings. The van der Waals surface area contributed by atoms with E-state index in [9.17, 15) is 9.66 Å². The highest BCUT2D eigenvalue weighted by atomic mass is 32.2. The second kappa shape index (κ2) is 14.1. The van der Waals surface area contributed by atoms with Crippen molar-refractivity contribution in [1.29, 1.82) is 0 Å². The van der Waals surface area contributed by atoms with Gasteiger partial charge < -0.3 is 23.9 Å². The first-order chi connectivity index (χ1) is 21.6. The minimum atomic E-state index is -2.30. The van der Waals surface area contributed by atoms with E-state index < -0.39 is 42.9 Å². The molecule has 0 fully saturated rings. The van der Waals surface area contributed by atoms with Gasteiger partial charge in [-0.2, -0.15) is 4.98 Å². The summed E-state index contributed by atoms with van der Waals surface area (Å²) in [5, 5.41) is 11.2. The topological polar surface area (TPSA) is 110 Å². The summed E-state index contributed by atoms with van der Waals surface area (Å²) >= 11 is -1.74. The molecule has 0 bridgehead atoms. The summed E-state index contributed by atoms with van der Waals surface area (Å²) in [6.07, 6.45) is 0.889. The number of fused-ring (bicyclic) bond motifs is 2. The third-order valence-corrected chi connectivity index (χ3v) is 15.2. The van der Waals surface area contributed by atoms with Crippen LogP contribution in [0.2, 0.25) is 16.6 Å². The lowest BCUT2D eigenvalue weighted by molar-refractivity contribution is 0.0512. The Kier molecular flexibility index (Phi) is 10.8. The van der Waals surface area contributed by atoms with Crippen molar-refractivity contribution in [1.82, 2.24) is 15.0 Å². The van der Waals surface area contributed by atoms with E-state index in [4.69, 9.17) is 14.2 Å². The van der Waals surface area contributed by atoms with E-state index in [1.807, 2.05) is 0 Å². The Hall–Kier alpha value is -3.50. The number of benzene rings is 2. The maximum Gasteiger partial charge on any atom is 0.346 e. The first-order valence-corrected chi connectivity index (χ1v) is 18.9. The van der Waals surface area contributed by atoms with Gasteiger partial charge in [-0.3, -0.25) is 0 Å². The van der Waals surface area contributed by atoms with Crippen LogP contribution in [-0.4, -0.2) is 58.9 Å². The molecule has 12 heteroatoms. The summed E-state index contributed by atoms with van der Waals surface area (Å²) in [5.41, 5.74) is 4.18. The number of ether oxygens (including phenoxy) is 3. The lowest BCUT2D eigenvalue weighted by atomic mass is 9.95. The van der Waals surface area contributed by atoms with Crippen molar-refractivity contribution in [3.8, 4) is 40.2 Å². The number of aromatic hydroxyl groups is 1. The molecule has 246 valence electrons. The summed E-state index contributed by atoms with van der Waals surface area (Å²) in [6, 6.07) is 6.16. The molecule has 1 N–H and O–H groups in total. The highest BCUT2D eigenvalue weighted by molar-refractivity contribution is 7.90. The molecule has 46 heavy (non-hydrogen) atoms. The summed E-state index contributed by atoms with van der Waals surface area (Å²) in [7, 11) is -0.823. The van der Waals surface area contributed by atoms with Crippen molar-refractivity contribution in [2.45, 2.75) is 83.3 Å². The summed E-state index contributed by atoms with van der Waals surface area (Å²) in [4.78, 5) is 12.6. The molecule has 0 amide bonds. The smallest absolute Gasteiger partial charge is 0.346 e. The van der Waals surface area contributed by atoms with Gasteiger partial charge in [0.25, 0.3) is 0 Å². The third-order valence-electron chi connectivity index (χ3n) is 8.23. The molecular formula is C34H41F2N3O5SSi. The molecule has 4 rings (SSSR count). The van der Waals surface area contributed by atoms with Crippen molar-refractivity contribution in [2.75, 3.05) is 20.2 Å². The minimum absolute atomic E-state index is 0.0911. The average Bonchev–Trinajstić information content (AvgIpc) is 2.97. The predicted octanol–water partition coefficient (Wildman–Crippen LogP) is 7.91. The van der Waals surface area contributed by atoms with Crippen LogP contribution in [0, 0.1) is 23.1 Å². The first-order valence-electron chi connectivity index (χ1n) is 15.2. The van der Waals surface area contributed by atoms with Crippen LogP contribution in [0.15, 0.2) is 29.4 Å². The Balaban J connectivity index is 2.19. The van der Waals surface area contributed by atoms with Gasteiger partial charge in [-0.05, 0) is 54.1 Å². The molecule has 0 aliphatic heterocycles. The number of hydrogen-bond donors (Lipinski definition) is 1. The van der Waals surface area contributed by atoms with Gasteiger partial charge in [0.15, 0.2) is 12.6 Å². The number of rotatable bonds is 10. The van der Waals surface area contributed by atoms with Crippen LogP contribution >= 0.6 is 0 Å². The van der Waals surface area contributed by atoms with Crippen LogP contribution in [0.5, 0.6) is 17.5 Å². The van der Waals surface area contributed by atoms with Crippen molar-refractivity contribution >= 4 is 40.9 Å². The van der Waals surface area contributed by atoms with Gasteiger partial charge in [-0.25, -0.2) is 13.8 Å². The zero-order valence-corrected chi connectivity index (χ0v) is 29.7. The highest BCUT2D eigenvalue weighted by Crippen LogP contribution is 2.43. The number of pyridine rings is 1. The summed E-state index contributed by atoms with van der Waals surface area (Å²) in [6.45, 7) is 16.4. The quantitative estimate of drug-likeness (QED) is 0.0597. The lowest BCUT2D eigenvalue weighted by Gasteiger charge is -2.38. The summed E-state index contributed by atoms with van der Waals surface area (Å²) < 4.78 is 61.7. The van der Waals surface area contributed by atoms with E-state index in [-0.39, 0.29) is 45.6 Å². The maximum atomic E-state index is 16.7. The number of halogens is 2. The number of nitrogens with zero attached hydrogens (tertiary/aromatic N) is 3. The second-order valence-electron chi connectivity index (χ2n) is 12.4. The van der Waals surface area contributed by atoms with Crippen LogP contribution < -0.4 is 9.47 Å². The largest absolute Gasteiger partial charge is 0.609 e. The molecular weight excluding hydrogens is 629 g/mol. The molecule has 2 aromatic heterocycles. The van der Waals surface area contributed by atoms with Gasteiger partial charge >= 0.3 is 5.16 Å². The van der Waals surface area contributed by atoms with Crippen LogP contribution in [0.25, 0.3) is 32.9 Å². The molecule has 0 saturated carbocycles. The van der Waals surface area contributed by atoms with Gasteiger partial charge in [0.1, 0.15) is 42.5 Å². The molecule has 0 aliphatic carbocycles. The average molecular weight is 670 g/mol. The number of aromatic nitrogens is 3. The fourth-order valence-corrected chi connectivity index (χ4v) is 11.9. The van der Waals surface area contributed by atoms with E-state index in [1.165, 1.54) is 19.4 Å².